The van der Waals surface area contributed by atoms with Gasteiger partial charge in [-0.2, -0.15) is 0 Å². The number of rotatable bonds is 6. The molecule has 3 nitrogen and oxygen atoms in total. The lowest BCUT2D eigenvalue weighted by atomic mass is 10.1. The van der Waals surface area contributed by atoms with E-state index >= 15 is 0 Å². The molecule has 0 aliphatic rings. The van der Waals surface area contributed by atoms with Crippen LogP contribution >= 0.6 is 22.9 Å². The van der Waals surface area contributed by atoms with Gasteiger partial charge in [0.1, 0.15) is 17.4 Å². The molecule has 0 aliphatic heterocycles. The van der Waals surface area contributed by atoms with Crippen LogP contribution < -0.4 is 10.1 Å². The molecule has 1 aromatic heterocycles. The van der Waals surface area contributed by atoms with E-state index in [1.54, 1.807) is 11.3 Å². The van der Waals surface area contributed by atoms with Gasteiger partial charge in [0.15, 0.2) is 0 Å². The van der Waals surface area contributed by atoms with E-state index in [2.05, 4.69) is 29.5 Å². The molecule has 0 fully saturated rings. The average Bonchev–Trinajstić information content (AvgIpc) is 2.83. The Bertz CT molecular complexity index is 587. The highest BCUT2D eigenvalue weighted by atomic mass is 35.5. The van der Waals surface area contributed by atoms with Crippen molar-refractivity contribution in [3.05, 3.63) is 44.4 Å². The number of halogens is 1. The minimum absolute atomic E-state index is 0.466. The van der Waals surface area contributed by atoms with Gasteiger partial charge in [-0.25, -0.2) is 4.98 Å². The number of hydrogen-bond acceptors (Lipinski definition) is 4. The van der Waals surface area contributed by atoms with Gasteiger partial charge in [0, 0.05) is 23.0 Å². The predicted octanol–water partition coefficient (Wildman–Crippen LogP) is 4.49. The lowest BCUT2D eigenvalue weighted by molar-refractivity contribution is 0.297. The highest BCUT2D eigenvalue weighted by Gasteiger charge is 2.08. The SMILES string of the molecule is Cc1cc(Cl)cc(C)c1OCc1csc(CNC(C)C)n1. The molecule has 0 unspecified atom stereocenters. The molecular weight excluding hydrogens is 304 g/mol. The van der Waals surface area contributed by atoms with Gasteiger partial charge >= 0.3 is 0 Å². The van der Waals surface area contributed by atoms with Crippen LogP contribution in [0.1, 0.15) is 35.7 Å². The summed E-state index contributed by atoms with van der Waals surface area (Å²) in [5.41, 5.74) is 3.07. The molecule has 0 saturated heterocycles. The first-order valence-electron chi connectivity index (χ1n) is 7.02. The van der Waals surface area contributed by atoms with Crippen molar-refractivity contribution in [1.82, 2.24) is 10.3 Å². The highest BCUT2D eigenvalue weighted by Crippen LogP contribution is 2.27. The van der Waals surface area contributed by atoms with Crippen molar-refractivity contribution in [2.45, 2.75) is 46.9 Å². The Labute approximate surface area is 135 Å². The highest BCUT2D eigenvalue weighted by molar-refractivity contribution is 7.09. The Kier molecular flexibility index (Phi) is 5.62. The Morgan fingerprint density at radius 2 is 1.95 bits per heavy atom. The third-order valence-corrected chi connectivity index (χ3v) is 4.17. The first kappa shape index (κ1) is 16.3. The molecular formula is C16H21ClN2OS. The number of benzene rings is 1. The van der Waals surface area contributed by atoms with Crippen LogP contribution in [-0.2, 0) is 13.2 Å². The summed E-state index contributed by atoms with van der Waals surface area (Å²) >= 11 is 7.69. The standard InChI is InChI=1S/C16H21ClN2OS/c1-10(2)18-7-15-19-14(9-21-15)8-20-16-11(3)5-13(17)6-12(16)4/h5-6,9-10,18H,7-8H2,1-4H3. The maximum Gasteiger partial charge on any atom is 0.131 e. The number of aryl methyl sites for hydroxylation is 2. The molecule has 0 bridgehead atoms. The van der Waals surface area contributed by atoms with Crippen molar-refractivity contribution in [2.24, 2.45) is 0 Å². The van der Waals surface area contributed by atoms with Crippen LogP contribution in [0.25, 0.3) is 0 Å². The van der Waals surface area contributed by atoms with E-state index < -0.39 is 0 Å². The van der Waals surface area contributed by atoms with Gasteiger partial charge < -0.3 is 10.1 Å². The monoisotopic (exact) mass is 324 g/mol. The van der Waals surface area contributed by atoms with E-state index in [0.29, 0.717) is 12.6 Å². The van der Waals surface area contributed by atoms with Crippen molar-refractivity contribution in [1.29, 1.82) is 0 Å². The van der Waals surface area contributed by atoms with E-state index in [1.807, 2.05) is 26.0 Å². The summed E-state index contributed by atoms with van der Waals surface area (Å²) in [6.07, 6.45) is 0. The van der Waals surface area contributed by atoms with E-state index in [4.69, 9.17) is 16.3 Å². The zero-order valence-electron chi connectivity index (χ0n) is 12.9. The van der Waals surface area contributed by atoms with E-state index in [1.165, 1.54) is 0 Å². The zero-order valence-corrected chi connectivity index (χ0v) is 14.4. The first-order chi connectivity index (χ1) is 9.95. The van der Waals surface area contributed by atoms with E-state index in [0.717, 1.165) is 39.1 Å². The summed E-state index contributed by atoms with van der Waals surface area (Å²) in [7, 11) is 0. The van der Waals surface area contributed by atoms with Crippen LogP contribution in [0.5, 0.6) is 5.75 Å². The van der Waals surface area contributed by atoms with E-state index in [9.17, 15) is 0 Å². The Hall–Kier alpha value is -1.10. The second kappa shape index (κ2) is 7.25. The van der Waals surface area contributed by atoms with Crippen LogP contribution in [0.2, 0.25) is 5.02 Å². The number of thiazole rings is 1. The van der Waals surface area contributed by atoms with Gasteiger partial charge in [-0.05, 0) is 37.1 Å². The maximum atomic E-state index is 6.03. The Morgan fingerprint density at radius 1 is 1.29 bits per heavy atom. The van der Waals surface area contributed by atoms with Crippen LogP contribution in [0.3, 0.4) is 0 Å². The maximum absolute atomic E-state index is 6.03. The molecule has 0 amide bonds. The molecule has 0 spiro atoms. The van der Waals surface area contributed by atoms with Crippen molar-refractivity contribution < 1.29 is 4.74 Å². The minimum Gasteiger partial charge on any atom is -0.487 e. The third kappa shape index (κ3) is 4.70. The molecule has 5 heteroatoms. The fourth-order valence-electron chi connectivity index (χ4n) is 2.06. The molecule has 2 rings (SSSR count). The normalized spacial score (nSPS) is 11.1. The smallest absolute Gasteiger partial charge is 0.131 e. The fraction of sp³-hybridized carbons (Fsp3) is 0.438. The lowest BCUT2D eigenvalue weighted by Gasteiger charge is -2.11. The predicted molar refractivity (Wildman–Crippen MR) is 89.3 cm³/mol. The molecule has 0 radical (unpaired) electrons. The van der Waals surface area contributed by atoms with Crippen molar-refractivity contribution in [3.8, 4) is 5.75 Å². The molecule has 0 aliphatic carbocycles. The van der Waals surface area contributed by atoms with Crippen molar-refractivity contribution >= 4 is 22.9 Å². The molecule has 21 heavy (non-hydrogen) atoms. The molecule has 1 heterocycles. The molecule has 0 atom stereocenters. The largest absolute Gasteiger partial charge is 0.487 e. The van der Waals surface area contributed by atoms with Crippen LogP contribution in [0.4, 0.5) is 0 Å². The quantitative estimate of drug-likeness (QED) is 0.850. The summed E-state index contributed by atoms with van der Waals surface area (Å²) in [5, 5.41) is 7.25. The van der Waals surface area contributed by atoms with Gasteiger partial charge in [-0.15, -0.1) is 11.3 Å². The van der Waals surface area contributed by atoms with Gasteiger partial charge in [0.2, 0.25) is 0 Å². The molecule has 1 N–H and O–H groups in total. The third-order valence-electron chi connectivity index (χ3n) is 3.05. The zero-order chi connectivity index (χ0) is 15.4. The van der Waals surface area contributed by atoms with Crippen LogP contribution in [-0.4, -0.2) is 11.0 Å². The summed E-state index contributed by atoms with van der Waals surface area (Å²) in [5.74, 6) is 0.897. The van der Waals surface area contributed by atoms with Crippen LogP contribution in [0, 0.1) is 13.8 Å². The summed E-state index contributed by atoms with van der Waals surface area (Å²) in [4.78, 5) is 4.58. The Morgan fingerprint density at radius 3 is 2.57 bits per heavy atom. The average molecular weight is 325 g/mol. The van der Waals surface area contributed by atoms with Gasteiger partial charge in [0.25, 0.3) is 0 Å². The van der Waals surface area contributed by atoms with Crippen molar-refractivity contribution in [2.75, 3.05) is 0 Å². The molecule has 0 saturated carbocycles. The second-order valence-electron chi connectivity index (χ2n) is 5.43. The van der Waals surface area contributed by atoms with Gasteiger partial charge in [-0.1, -0.05) is 25.4 Å². The van der Waals surface area contributed by atoms with Gasteiger partial charge in [0.05, 0.1) is 5.69 Å². The van der Waals surface area contributed by atoms with E-state index in [-0.39, 0.29) is 0 Å². The second-order valence-corrected chi connectivity index (χ2v) is 6.80. The fourth-order valence-corrected chi connectivity index (χ4v) is 3.12. The number of nitrogens with one attached hydrogen (secondary N) is 1. The number of aromatic nitrogens is 1. The lowest BCUT2D eigenvalue weighted by Crippen LogP contribution is -2.21. The van der Waals surface area contributed by atoms with Crippen LogP contribution in [0.15, 0.2) is 17.5 Å². The summed E-state index contributed by atoms with van der Waals surface area (Å²) < 4.78 is 5.91. The first-order valence-corrected chi connectivity index (χ1v) is 8.27. The number of ether oxygens (including phenoxy) is 1. The topological polar surface area (TPSA) is 34.1 Å². The number of hydrogen-bond donors (Lipinski definition) is 1. The molecule has 1 aromatic carbocycles. The summed E-state index contributed by atoms with van der Waals surface area (Å²) in [6, 6.07) is 4.30. The summed E-state index contributed by atoms with van der Waals surface area (Å²) in [6.45, 7) is 9.57. The molecule has 2 aromatic rings. The van der Waals surface area contributed by atoms with Gasteiger partial charge in [-0.3, -0.25) is 0 Å². The minimum atomic E-state index is 0.466. The molecule has 114 valence electrons. The van der Waals surface area contributed by atoms with Crippen molar-refractivity contribution in [3.63, 3.8) is 0 Å². The Balaban J connectivity index is 1.97. The number of nitrogens with zero attached hydrogens (tertiary/aromatic N) is 1.